The molecule has 0 spiro atoms. The van der Waals surface area contributed by atoms with Crippen LogP contribution in [0.4, 0.5) is 40.8 Å². The molecule has 0 radical (unpaired) electrons. The highest BCUT2D eigenvalue weighted by Gasteiger charge is 2.35. The third-order valence-electron chi connectivity index (χ3n) is 5.04. The van der Waals surface area contributed by atoms with Gasteiger partial charge in [-0.25, -0.2) is 17.6 Å². The minimum atomic E-state index is -2.36. The Kier molecular flexibility index (Phi) is 6.49. The van der Waals surface area contributed by atoms with Crippen molar-refractivity contribution in [1.29, 1.82) is 0 Å². The van der Waals surface area contributed by atoms with Crippen LogP contribution in [-0.4, -0.2) is 0 Å². The number of nitrogens with two attached hydrogens (primary N) is 1. The molecule has 0 atom stereocenters. The summed E-state index contributed by atoms with van der Waals surface area (Å²) in [6.07, 6.45) is 0. The van der Waals surface area contributed by atoms with Crippen LogP contribution in [0.2, 0.25) is 0 Å². The standard InChI is InChI=1S/C25H13F8NO2/c1-10-2-6-12(7-3-10)35-24-20(30)16(26)14(17(27)21(24)31)15-18(28)22(32)25(23(33)19(15)29)36-13-8-4-11(34)5-9-13/h2-9H,34H2,1H3. The third-order valence-corrected chi connectivity index (χ3v) is 5.04. The molecule has 0 aliphatic carbocycles. The van der Waals surface area contributed by atoms with Crippen LogP contribution < -0.4 is 15.2 Å². The molecule has 0 fully saturated rings. The molecule has 11 heteroatoms. The van der Waals surface area contributed by atoms with Gasteiger partial charge in [0.1, 0.15) is 11.5 Å². The van der Waals surface area contributed by atoms with Crippen molar-refractivity contribution in [3.63, 3.8) is 0 Å². The summed E-state index contributed by atoms with van der Waals surface area (Å²) in [6, 6.07) is 10.2. The molecule has 0 amide bonds. The molecular formula is C25H13F8NO2. The van der Waals surface area contributed by atoms with E-state index in [0.29, 0.717) is 0 Å². The molecule has 0 heterocycles. The summed E-state index contributed by atoms with van der Waals surface area (Å²) >= 11 is 0. The molecule has 3 nitrogen and oxygen atoms in total. The van der Waals surface area contributed by atoms with Gasteiger partial charge >= 0.3 is 0 Å². The van der Waals surface area contributed by atoms with E-state index in [1.54, 1.807) is 6.92 Å². The summed E-state index contributed by atoms with van der Waals surface area (Å²) in [5.74, 6) is -21.9. The van der Waals surface area contributed by atoms with Gasteiger partial charge in [-0.2, -0.15) is 17.6 Å². The fourth-order valence-electron chi connectivity index (χ4n) is 3.22. The molecule has 0 aliphatic rings. The van der Waals surface area contributed by atoms with Crippen molar-refractivity contribution in [3.8, 4) is 34.1 Å². The Morgan fingerprint density at radius 1 is 0.472 bits per heavy atom. The average molecular weight is 511 g/mol. The van der Waals surface area contributed by atoms with Gasteiger partial charge in [0.25, 0.3) is 0 Å². The van der Waals surface area contributed by atoms with Crippen molar-refractivity contribution in [3.05, 3.63) is 101 Å². The van der Waals surface area contributed by atoms with E-state index < -0.39 is 69.2 Å². The van der Waals surface area contributed by atoms with Crippen molar-refractivity contribution < 1.29 is 44.6 Å². The van der Waals surface area contributed by atoms with Gasteiger partial charge in [0, 0.05) is 5.69 Å². The second kappa shape index (κ2) is 9.40. The van der Waals surface area contributed by atoms with Crippen LogP contribution in [0.3, 0.4) is 0 Å². The fraction of sp³-hybridized carbons (Fsp3) is 0.0400. The van der Waals surface area contributed by atoms with Crippen molar-refractivity contribution in [2.45, 2.75) is 6.92 Å². The first-order valence-electron chi connectivity index (χ1n) is 10.0. The maximum atomic E-state index is 14.8. The normalized spacial score (nSPS) is 11.0. The number of nitrogen functional groups attached to an aromatic ring is 1. The van der Waals surface area contributed by atoms with Gasteiger partial charge in [-0.05, 0) is 43.3 Å². The topological polar surface area (TPSA) is 44.5 Å². The predicted octanol–water partition coefficient (Wildman–Crippen LogP) is 7.94. The number of anilines is 1. The molecule has 0 aliphatic heterocycles. The minimum Gasteiger partial charge on any atom is -0.451 e. The quantitative estimate of drug-likeness (QED) is 0.168. The summed E-state index contributed by atoms with van der Waals surface area (Å²) in [7, 11) is 0. The third kappa shape index (κ3) is 4.28. The van der Waals surface area contributed by atoms with E-state index in [4.69, 9.17) is 15.2 Å². The fourth-order valence-corrected chi connectivity index (χ4v) is 3.22. The highest BCUT2D eigenvalue weighted by atomic mass is 19.2. The number of benzene rings is 4. The largest absolute Gasteiger partial charge is 0.451 e. The summed E-state index contributed by atoms with van der Waals surface area (Å²) in [5, 5.41) is 0. The Morgan fingerprint density at radius 3 is 1.11 bits per heavy atom. The summed E-state index contributed by atoms with van der Waals surface area (Å²) in [6.45, 7) is 1.69. The van der Waals surface area contributed by atoms with Crippen LogP contribution in [0.25, 0.3) is 11.1 Å². The van der Waals surface area contributed by atoms with Gasteiger partial charge in [-0.3, -0.25) is 0 Å². The first kappa shape index (κ1) is 24.8. The van der Waals surface area contributed by atoms with Gasteiger partial charge in [0.15, 0.2) is 23.3 Å². The van der Waals surface area contributed by atoms with Crippen LogP contribution in [0.15, 0.2) is 48.5 Å². The van der Waals surface area contributed by atoms with E-state index in [9.17, 15) is 35.1 Å². The molecular weight excluding hydrogens is 498 g/mol. The number of ether oxygens (including phenoxy) is 2. The zero-order chi connectivity index (χ0) is 26.3. The summed E-state index contributed by atoms with van der Waals surface area (Å²) < 4.78 is 127. The molecule has 36 heavy (non-hydrogen) atoms. The Balaban J connectivity index is 1.85. The summed E-state index contributed by atoms with van der Waals surface area (Å²) in [4.78, 5) is 0. The molecule has 0 bridgehead atoms. The van der Waals surface area contributed by atoms with Gasteiger partial charge in [0.05, 0.1) is 11.1 Å². The zero-order valence-corrected chi connectivity index (χ0v) is 18.0. The maximum Gasteiger partial charge on any atom is 0.205 e. The molecule has 2 N–H and O–H groups in total. The average Bonchev–Trinajstić information content (AvgIpc) is 2.86. The molecule has 0 saturated heterocycles. The number of aryl methyl sites for hydroxylation is 1. The van der Waals surface area contributed by atoms with Crippen LogP contribution in [0, 0.1) is 53.5 Å². The van der Waals surface area contributed by atoms with E-state index in [-0.39, 0.29) is 17.2 Å². The second-order valence-electron chi connectivity index (χ2n) is 7.51. The highest BCUT2D eigenvalue weighted by Crippen LogP contribution is 2.43. The Hall–Kier alpha value is -4.28. The molecule has 4 aromatic carbocycles. The monoisotopic (exact) mass is 511 g/mol. The number of halogens is 8. The van der Waals surface area contributed by atoms with Crippen molar-refractivity contribution >= 4 is 5.69 Å². The van der Waals surface area contributed by atoms with Crippen LogP contribution in [0.1, 0.15) is 5.56 Å². The Labute approximate surface area is 198 Å². The lowest BCUT2D eigenvalue weighted by Gasteiger charge is -2.16. The lowest BCUT2D eigenvalue weighted by molar-refractivity contribution is 0.360. The second-order valence-corrected chi connectivity index (χ2v) is 7.51. The maximum absolute atomic E-state index is 14.8. The van der Waals surface area contributed by atoms with E-state index in [1.807, 2.05) is 0 Å². The first-order valence-corrected chi connectivity index (χ1v) is 10.0. The van der Waals surface area contributed by atoms with Crippen LogP contribution in [0.5, 0.6) is 23.0 Å². The molecule has 4 aromatic rings. The van der Waals surface area contributed by atoms with Gasteiger partial charge in [-0.1, -0.05) is 17.7 Å². The number of hydrogen-bond acceptors (Lipinski definition) is 3. The minimum absolute atomic E-state index is 0.219. The van der Waals surface area contributed by atoms with E-state index >= 15 is 0 Å². The Bertz CT molecular complexity index is 1300. The van der Waals surface area contributed by atoms with Crippen molar-refractivity contribution in [2.24, 2.45) is 0 Å². The summed E-state index contributed by atoms with van der Waals surface area (Å²) in [5.41, 5.74) is 2.38. The van der Waals surface area contributed by atoms with Gasteiger partial charge < -0.3 is 15.2 Å². The molecule has 0 aromatic heterocycles. The van der Waals surface area contributed by atoms with Crippen LogP contribution >= 0.6 is 0 Å². The molecule has 4 rings (SSSR count). The molecule has 186 valence electrons. The number of rotatable bonds is 5. The Morgan fingerprint density at radius 2 is 0.778 bits per heavy atom. The molecule has 0 saturated carbocycles. The van der Waals surface area contributed by atoms with Gasteiger partial charge in [-0.15, -0.1) is 0 Å². The predicted molar refractivity (Wildman–Crippen MR) is 114 cm³/mol. The SMILES string of the molecule is Cc1ccc(Oc2c(F)c(F)c(-c3c(F)c(F)c(Oc4ccc(N)cc4)c(F)c3F)c(F)c2F)cc1. The molecule has 0 unspecified atom stereocenters. The highest BCUT2D eigenvalue weighted by molar-refractivity contribution is 5.69. The van der Waals surface area contributed by atoms with E-state index in [2.05, 4.69) is 0 Å². The van der Waals surface area contributed by atoms with Crippen molar-refractivity contribution in [2.75, 3.05) is 5.73 Å². The van der Waals surface area contributed by atoms with Crippen LogP contribution in [-0.2, 0) is 0 Å². The smallest absolute Gasteiger partial charge is 0.205 e. The van der Waals surface area contributed by atoms with E-state index in [1.165, 1.54) is 36.4 Å². The number of hydrogen-bond donors (Lipinski definition) is 1. The van der Waals surface area contributed by atoms with Gasteiger partial charge in [0.2, 0.25) is 34.8 Å². The van der Waals surface area contributed by atoms with E-state index in [0.717, 1.165) is 17.7 Å². The lowest BCUT2D eigenvalue weighted by Crippen LogP contribution is -2.09. The zero-order valence-electron chi connectivity index (χ0n) is 18.0. The van der Waals surface area contributed by atoms with Crippen molar-refractivity contribution in [1.82, 2.24) is 0 Å². The first-order chi connectivity index (χ1) is 17.0. The lowest BCUT2D eigenvalue weighted by atomic mass is 10.0.